The molecule has 4 nitrogen and oxygen atoms in total. The van der Waals surface area contributed by atoms with E-state index in [1.54, 1.807) is 4.90 Å². The second-order valence-electron chi connectivity index (χ2n) is 5.98. The summed E-state index contributed by atoms with van der Waals surface area (Å²) in [6.07, 6.45) is 0.853. The van der Waals surface area contributed by atoms with Crippen LogP contribution in [0.5, 0.6) is 0 Å². The van der Waals surface area contributed by atoms with Gasteiger partial charge in [-0.05, 0) is 26.7 Å². The van der Waals surface area contributed by atoms with Gasteiger partial charge in [-0.25, -0.2) is 4.39 Å². The molecule has 5 heteroatoms. The lowest BCUT2D eigenvalue weighted by molar-refractivity contribution is -0.137. The summed E-state index contributed by atoms with van der Waals surface area (Å²) in [6.45, 7) is 7.10. The third kappa shape index (κ3) is 1.93. The summed E-state index contributed by atoms with van der Waals surface area (Å²) >= 11 is 0. The first kappa shape index (κ1) is 12.4. The molecule has 0 spiro atoms. The number of halogens is 1. The van der Waals surface area contributed by atoms with Crippen molar-refractivity contribution in [2.75, 3.05) is 26.2 Å². The predicted octanol–water partition coefficient (Wildman–Crippen LogP) is 0.808. The molecule has 1 aliphatic carbocycles. The number of likely N-dealkylation sites (tertiary alicyclic amines) is 1. The van der Waals surface area contributed by atoms with Crippen LogP contribution in [0.3, 0.4) is 0 Å². The smallest absolute Gasteiger partial charge is 0.260 e. The van der Waals surface area contributed by atoms with Gasteiger partial charge in [0, 0.05) is 25.7 Å². The van der Waals surface area contributed by atoms with Gasteiger partial charge in [0.05, 0.1) is 18.8 Å². The minimum Gasteiger partial charge on any atom is -0.373 e. The number of rotatable bonds is 2. The van der Waals surface area contributed by atoms with Crippen LogP contribution in [0.1, 0.15) is 26.7 Å². The van der Waals surface area contributed by atoms with Gasteiger partial charge in [0.1, 0.15) is 0 Å². The molecule has 2 aliphatic heterocycles. The maximum absolute atomic E-state index is 13.8. The van der Waals surface area contributed by atoms with Gasteiger partial charge in [-0.1, -0.05) is 0 Å². The van der Waals surface area contributed by atoms with Crippen LogP contribution in [-0.2, 0) is 9.53 Å². The Morgan fingerprint density at radius 3 is 2.72 bits per heavy atom. The van der Waals surface area contributed by atoms with Crippen LogP contribution < -0.4 is 0 Å². The number of carbonyl (C=O) groups is 1. The standard InChI is InChI=1S/C13H21FN2O2/c1-9(2)16-5-6-18-11-8-15(7-10(11)16)12(17)13(14)3-4-13/h9-11H,3-8H2,1-2H3. The van der Waals surface area contributed by atoms with E-state index in [2.05, 4.69) is 18.7 Å². The van der Waals surface area contributed by atoms with Crippen molar-refractivity contribution in [2.45, 2.75) is 50.5 Å². The second kappa shape index (κ2) is 4.17. The molecule has 18 heavy (non-hydrogen) atoms. The Morgan fingerprint density at radius 1 is 1.39 bits per heavy atom. The van der Waals surface area contributed by atoms with Crippen molar-refractivity contribution < 1.29 is 13.9 Å². The second-order valence-corrected chi connectivity index (χ2v) is 5.98. The van der Waals surface area contributed by atoms with Gasteiger partial charge in [-0.2, -0.15) is 0 Å². The number of carbonyl (C=O) groups excluding carboxylic acids is 1. The summed E-state index contributed by atoms with van der Waals surface area (Å²) in [4.78, 5) is 16.1. The van der Waals surface area contributed by atoms with E-state index in [0.29, 0.717) is 38.6 Å². The summed E-state index contributed by atoms with van der Waals surface area (Å²) in [5, 5.41) is 0. The Kier molecular flexibility index (Phi) is 2.86. The van der Waals surface area contributed by atoms with Gasteiger partial charge in [-0.15, -0.1) is 0 Å². The van der Waals surface area contributed by atoms with Crippen molar-refractivity contribution in [2.24, 2.45) is 0 Å². The van der Waals surface area contributed by atoms with Crippen molar-refractivity contribution in [3.05, 3.63) is 0 Å². The maximum atomic E-state index is 13.8. The monoisotopic (exact) mass is 256 g/mol. The van der Waals surface area contributed by atoms with Crippen LogP contribution in [-0.4, -0.2) is 65.8 Å². The average molecular weight is 256 g/mol. The van der Waals surface area contributed by atoms with Crippen LogP contribution in [0, 0.1) is 0 Å². The molecule has 0 aromatic carbocycles. The number of hydrogen-bond donors (Lipinski definition) is 0. The SMILES string of the molecule is CC(C)N1CCOC2CN(C(=O)C3(F)CC3)CC21. The van der Waals surface area contributed by atoms with Gasteiger partial charge < -0.3 is 9.64 Å². The molecular weight excluding hydrogens is 235 g/mol. The Morgan fingerprint density at radius 2 is 2.11 bits per heavy atom. The van der Waals surface area contributed by atoms with E-state index in [0.717, 1.165) is 6.54 Å². The largest absolute Gasteiger partial charge is 0.373 e. The van der Waals surface area contributed by atoms with E-state index in [1.165, 1.54) is 0 Å². The van der Waals surface area contributed by atoms with Gasteiger partial charge in [0.2, 0.25) is 0 Å². The average Bonchev–Trinajstić information content (AvgIpc) is 2.94. The van der Waals surface area contributed by atoms with Crippen molar-refractivity contribution >= 4 is 5.91 Å². The fraction of sp³-hybridized carbons (Fsp3) is 0.923. The summed E-state index contributed by atoms with van der Waals surface area (Å²) in [5.41, 5.74) is -1.55. The molecule has 2 unspecified atom stereocenters. The number of amides is 1. The van der Waals surface area contributed by atoms with Gasteiger partial charge in [0.15, 0.2) is 5.67 Å². The summed E-state index contributed by atoms with van der Waals surface area (Å²) in [5.74, 6) is -0.316. The van der Waals surface area contributed by atoms with Crippen LogP contribution >= 0.6 is 0 Å². The number of nitrogens with zero attached hydrogens (tertiary/aromatic N) is 2. The van der Waals surface area contributed by atoms with Crippen molar-refractivity contribution in [1.82, 2.24) is 9.80 Å². The van der Waals surface area contributed by atoms with E-state index < -0.39 is 5.67 Å². The molecular formula is C13H21FN2O2. The third-order valence-electron chi connectivity index (χ3n) is 4.37. The molecule has 0 aromatic rings. The quantitative estimate of drug-likeness (QED) is 0.733. The lowest BCUT2D eigenvalue weighted by Crippen LogP contribution is -2.53. The Hall–Kier alpha value is -0.680. The van der Waals surface area contributed by atoms with Gasteiger partial charge >= 0.3 is 0 Å². The van der Waals surface area contributed by atoms with Crippen molar-refractivity contribution in [3.8, 4) is 0 Å². The molecule has 0 aromatic heterocycles. The zero-order valence-corrected chi connectivity index (χ0v) is 11.1. The molecule has 3 rings (SSSR count). The Balaban J connectivity index is 1.70. The van der Waals surface area contributed by atoms with Crippen LogP contribution in [0.15, 0.2) is 0 Å². The van der Waals surface area contributed by atoms with E-state index >= 15 is 0 Å². The Bertz CT molecular complexity index is 357. The predicted molar refractivity (Wildman–Crippen MR) is 65.0 cm³/mol. The van der Waals surface area contributed by atoms with Crippen molar-refractivity contribution in [1.29, 1.82) is 0 Å². The lowest BCUT2D eigenvalue weighted by atomic mass is 10.1. The summed E-state index contributed by atoms with van der Waals surface area (Å²) < 4.78 is 19.6. The highest BCUT2D eigenvalue weighted by Crippen LogP contribution is 2.42. The van der Waals surface area contributed by atoms with Crippen LogP contribution in [0.2, 0.25) is 0 Å². The molecule has 2 atom stereocenters. The molecule has 0 radical (unpaired) electrons. The van der Waals surface area contributed by atoms with Crippen LogP contribution in [0.25, 0.3) is 0 Å². The molecule has 3 fully saturated rings. The van der Waals surface area contributed by atoms with E-state index in [4.69, 9.17) is 4.74 Å². The Labute approximate surface area is 107 Å². The number of hydrogen-bond acceptors (Lipinski definition) is 3. The number of alkyl halides is 1. The highest BCUT2D eigenvalue weighted by atomic mass is 19.1. The molecule has 2 saturated heterocycles. The first-order valence-corrected chi connectivity index (χ1v) is 6.87. The minimum atomic E-state index is -1.55. The molecule has 102 valence electrons. The molecule has 3 aliphatic rings. The zero-order chi connectivity index (χ0) is 12.9. The van der Waals surface area contributed by atoms with E-state index in [1.807, 2.05) is 0 Å². The molecule has 2 heterocycles. The normalized spacial score (nSPS) is 34.8. The summed E-state index contributed by atoms with van der Waals surface area (Å²) in [7, 11) is 0. The molecule has 1 saturated carbocycles. The number of fused-ring (bicyclic) bond motifs is 1. The topological polar surface area (TPSA) is 32.8 Å². The maximum Gasteiger partial charge on any atom is 0.260 e. The van der Waals surface area contributed by atoms with E-state index in [-0.39, 0.29) is 18.1 Å². The number of morpholine rings is 1. The molecule has 0 N–H and O–H groups in total. The zero-order valence-electron chi connectivity index (χ0n) is 11.1. The third-order valence-corrected chi connectivity index (χ3v) is 4.37. The van der Waals surface area contributed by atoms with Crippen LogP contribution in [0.4, 0.5) is 4.39 Å². The molecule has 0 bridgehead atoms. The highest BCUT2D eigenvalue weighted by Gasteiger charge is 2.55. The molecule has 1 amide bonds. The fourth-order valence-electron chi connectivity index (χ4n) is 3.13. The first-order valence-electron chi connectivity index (χ1n) is 6.87. The van der Waals surface area contributed by atoms with Gasteiger partial charge in [0.25, 0.3) is 5.91 Å². The number of ether oxygens (including phenoxy) is 1. The highest BCUT2D eigenvalue weighted by molar-refractivity contribution is 5.88. The van der Waals surface area contributed by atoms with E-state index in [9.17, 15) is 9.18 Å². The van der Waals surface area contributed by atoms with Crippen molar-refractivity contribution in [3.63, 3.8) is 0 Å². The van der Waals surface area contributed by atoms with Gasteiger partial charge in [-0.3, -0.25) is 9.69 Å². The minimum absolute atomic E-state index is 0.0625. The summed E-state index contributed by atoms with van der Waals surface area (Å²) in [6, 6.07) is 0.682. The lowest BCUT2D eigenvalue weighted by Gasteiger charge is -2.39. The fourth-order valence-corrected chi connectivity index (χ4v) is 3.13. The first-order chi connectivity index (χ1) is 8.51.